The fourth-order valence-electron chi connectivity index (χ4n) is 5.84. The van der Waals surface area contributed by atoms with Gasteiger partial charge in [0.05, 0.1) is 0 Å². The summed E-state index contributed by atoms with van der Waals surface area (Å²) in [5.41, 5.74) is 0. The first-order valence-corrected chi connectivity index (χ1v) is 17.4. The monoisotopic (exact) mass is 545 g/mol. The summed E-state index contributed by atoms with van der Waals surface area (Å²) in [4.78, 5) is 0. The molecule has 33 heavy (non-hydrogen) atoms. The second kappa shape index (κ2) is 11.7. The van der Waals surface area contributed by atoms with E-state index in [9.17, 15) is 0 Å². The van der Waals surface area contributed by atoms with Gasteiger partial charge in [0.2, 0.25) is 0 Å². The summed E-state index contributed by atoms with van der Waals surface area (Å²) in [6, 6.07) is 33.9. The summed E-state index contributed by atoms with van der Waals surface area (Å²) < 4.78 is 7.27. The molecule has 0 radical (unpaired) electrons. The van der Waals surface area contributed by atoms with Gasteiger partial charge in [-0.25, -0.2) is 0 Å². The second-order valence-electron chi connectivity index (χ2n) is 9.74. The minimum atomic E-state index is -4.50. The second-order valence-corrected chi connectivity index (χ2v) is 23.3. The Hall–Kier alpha value is -0.876. The van der Waals surface area contributed by atoms with Crippen LogP contribution in [-0.2, 0) is 14.3 Å². The normalized spacial score (nSPS) is 17.3. The van der Waals surface area contributed by atoms with Gasteiger partial charge in [-0.15, -0.1) is 37.2 Å². The number of nitrogens with one attached hydrogen (secondary N) is 2. The molecule has 182 valence electrons. The zero-order chi connectivity index (χ0) is 21.0. The van der Waals surface area contributed by atoms with Crippen molar-refractivity contribution >= 4 is 48.8 Å². The van der Waals surface area contributed by atoms with Gasteiger partial charge in [0.25, 0.3) is 0 Å². The minimum absolute atomic E-state index is 0. The van der Waals surface area contributed by atoms with Gasteiger partial charge < -0.3 is 0 Å². The van der Waals surface area contributed by atoms with E-state index < -0.39 is 14.3 Å². The van der Waals surface area contributed by atoms with Crippen LogP contribution in [0.3, 0.4) is 0 Å². The molecule has 0 bridgehead atoms. The maximum absolute atomic E-state index is 4.50. The number of hydrogen-bond donors (Lipinski definition) is 2. The Balaban J connectivity index is 0.00000181. The van der Waals surface area contributed by atoms with Gasteiger partial charge in [0, 0.05) is 0 Å². The van der Waals surface area contributed by atoms with E-state index in [1.54, 1.807) is 0 Å². The van der Waals surface area contributed by atoms with Gasteiger partial charge in [-0.1, -0.05) is 0 Å². The van der Waals surface area contributed by atoms with Crippen LogP contribution in [0.25, 0.3) is 0 Å². The van der Waals surface area contributed by atoms with Gasteiger partial charge in [0.1, 0.15) is 0 Å². The summed E-state index contributed by atoms with van der Waals surface area (Å²) >= 11 is -4.50. The summed E-state index contributed by atoms with van der Waals surface area (Å²) in [5.74, 6) is 0. The summed E-state index contributed by atoms with van der Waals surface area (Å²) in [6.45, 7) is 6.09. The fourth-order valence-corrected chi connectivity index (χ4v) is 18.2. The van der Waals surface area contributed by atoms with Crippen LogP contribution in [0.15, 0.2) is 91.0 Å². The first-order chi connectivity index (χ1) is 14.5. The topological polar surface area (TPSA) is 27.3 Å². The molecule has 0 unspecified atom stereocenters. The zero-order valence-corrected chi connectivity index (χ0v) is 23.6. The number of benzene rings is 3. The molecule has 0 amide bonds. The molecule has 1 aliphatic heterocycles. The summed E-state index contributed by atoms with van der Waals surface area (Å²) in [7, 11) is 0. The van der Waals surface area contributed by atoms with Crippen LogP contribution >= 0.6 is 37.2 Å². The molecule has 1 fully saturated rings. The van der Waals surface area contributed by atoms with Crippen LogP contribution in [0.5, 0.6) is 0 Å². The van der Waals surface area contributed by atoms with Crippen molar-refractivity contribution in [3.05, 3.63) is 91.0 Å². The molecule has 3 aromatic rings. The predicted molar refractivity (Wildman–Crippen MR) is 149 cm³/mol. The standard InChI is InChI=1S/C6H14N3.3C6H5.2CH3.3ClH.Ti/c1-2-8-5-6-9-4-3-7-1;3*1-2-4-6-5-3-1;;;;;;/h7-8H,1-6H2;3*1-5H;2*1H3;3*1H;/q-1;;;;;;;;;+1. The van der Waals surface area contributed by atoms with E-state index in [4.69, 9.17) is 0 Å². The molecule has 1 heterocycles. The first kappa shape index (κ1) is 30.2. The van der Waals surface area contributed by atoms with Crippen LogP contribution in [0.1, 0.15) is 0 Å². The Morgan fingerprint density at radius 1 is 0.515 bits per heavy atom. The van der Waals surface area contributed by atoms with Gasteiger partial charge in [0.15, 0.2) is 0 Å². The van der Waals surface area contributed by atoms with E-state index in [0.717, 1.165) is 39.3 Å². The summed E-state index contributed by atoms with van der Waals surface area (Å²) in [6.07, 6.45) is 0. The molecule has 0 spiro atoms. The Morgan fingerprint density at radius 3 is 1.12 bits per heavy atom. The van der Waals surface area contributed by atoms with Gasteiger partial charge >= 0.3 is 181 Å². The zero-order valence-electron chi connectivity index (χ0n) is 19.6. The number of nitrogens with zero attached hydrogens (tertiary/aromatic N) is 1. The van der Waals surface area contributed by atoms with E-state index in [0.29, 0.717) is 0 Å². The molecule has 3 nitrogen and oxygen atoms in total. The van der Waals surface area contributed by atoms with Crippen LogP contribution in [0, 0.1) is 0 Å². The maximum atomic E-state index is 3.64. The molecule has 4 rings (SSSR count). The molecule has 0 saturated carbocycles. The van der Waals surface area contributed by atoms with E-state index in [-0.39, 0.29) is 37.2 Å². The van der Waals surface area contributed by atoms with Gasteiger partial charge in [-0.3, -0.25) is 0 Å². The van der Waals surface area contributed by atoms with Gasteiger partial charge in [-0.05, 0) is 0 Å². The first-order valence-electron chi connectivity index (χ1n) is 11.3. The molecule has 0 aromatic heterocycles. The molecule has 2 N–H and O–H groups in total. The van der Waals surface area contributed by atoms with E-state index in [1.165, 1.54) is 11.6 Å². The van der Waals surface area contributed by atoms with Crippen LogP contribution in [0.2, 0.25) is 10.5 Å². The number of hydrogen-bond acceptors (Lipinski definition) is 3. The fraction of sp³-hybridized carbons (Fsp3) is 0.308. The molecule has 3 aromatic carbocycles. The average molecular weight is 547 g/mol. The van der Waals surface area contributed by atoms with Crippen molar-refractivity contribution in [2.75, 3.05) is 39.3 Å². The molecule has 0 aliphatic carbocycles. The molecular weight excluding hydrogens is 509 g/mol. The van der Waals surface area contributed by atoms with Crippen LogP contribution < -0.4 is 22.2 Å². The van der Waals surface area contributed by atoms with Gasteiger partial charge in [-0.2, -0.15) is 0 Å². The molecule has 1 saturated heterocycles. The molecular formula is C26H38Cl3N3Ti. The van der Waals surface area contributed by atoms with Crippen LogP contribution in [0.4, 0.5) is 0 Å². The van der Waals surface area contributed by atoms with Crippen molar-refractivity contribution in [2.45, 2.75) is 10.5 Å². The third kappa shape index (κ3) is 4.80. The van der Waals surface area contributed by atoms with E-state index in [2.05, 4.69) is 115 Å². The average Bonchev–Trinajstić information content (AvgIpc) is 2.96. The molecule has 0 atom stereocenters. The number of rotatable bonds is 4. The Labute approximate surface area is 216 Å². The number of halogens is 3. The van der Waals surface area contributed by atoms with Crippen molar-refractivity contribution in [2.24, 2.45) is 0 Å². The molecule has 1 aliphatic rings. The summed E-state index contributed by atoms with van der Waals surface area (Å²) in [5, 5.41) is 12.5. The van der Waals surface area contributed by atoms with Crippen molar-refractivity contribution in [1.29, 1.82) is 0 Å². The van der Waals surface area contributed by atoms with Crippen molar-refractivity contribution in [3.63, 3.8) is 0 Å². The Bertz CT molecular complexity index is 869. The third-order valence-electron chi connectivity index (χ3n) is 8.01. The van der Waals surface area contributed by atoms with Crippen molar-refractivity contribution in [1.82, 2.24) is 14.0 Å². The predicted octanol–water partition coefficient (Wildman–Crippen LogP) is 3.96. The SMILES string of the molecule is Cl.Cl.Cl.[CH3][Ti]([CH3])([c]1ccccc1)([c]1ccccc1)([c]1ccccc1)[N]1CCNCCNCC1. The molecule has 7 heteroatoms. The van der Waals surface area contributed by atoms with E-state index >= 15 is 0 Å². The quantitative estimate of drug-likeness (QED) is 0.485. The van der Waals surface area contributed by atoms with Crippen LogP contribution in [-0.4, -0.2) is 42.7 Å². The van der Waals surface area contributed by atoms with Crippen molar-refractivity contribution < 1.29 is 14.3 Å². The van der Waals surface area contributed by atoms with Crippen molar-refractivity contribution in [3.8, 4) is 0 Å². The van der Waals surface area contributed by atoms with E-state index in [1.807, 2.05) is 0 Å². The Kier molecular flexibility index (Phi) is 10.7. The Morgan fingerprint density at radius 2 is 0.818 bits per heavy atom. The third-order valence-corrected chi connectivity index (χ3v) is 23.0.